The van der Waals surface area contributed by atoms with Gasteiger partial charge in [-0.1, -0.05) is 0 Å². The quantitative estimate of drug-likeness (QED) is 0.256. The lowest BCUT2D eigenvalue weighted by Gasteiger charge is -2.18. The molecule has 10 heteroatoms. The SMILES string of the molecule is O=S(=O)(O)O[C@@H](CO)[C@H](O)C[S+]1C[C@@H](O)[C@@H](O)C1. The van der Waals surface area contributed by atoms with Crippen molar-refractivity contribution >= 4 is 21.3 Å². The van der Waals surface area contributed by atoms with E-state index in [1.165, 1.54) is 0 Å². The van der Waals surface area contributed by atoms with Crippen molar-refractivity contribution in [3.05, 3.63) is 0 Å². The van der Waals surface area contributed by atoms with Gasteiger partial charge in [0.15, 0.2) is 0 Å². The van der Waals surface area contributed by atoms with E-state index in [0.29, 0.717) is 11.5 Å². The van der Waals surface area contributed by atoms with Gasteiger partial charge in [-0.2, -0.15) is 8.42 Å². The molecule has 108 valence electrons. The predicted molar refractivity (Wildman–Crippen MR) is 63.5 cm³/mol. The highest BCUT2D eigenvalue weighted by Gasteiger charge is 2.42. The van der Waals surface area contributed by atoms with Crippen LogP contribution in [0.5, 0.6) is 0 Å². The van der Waals surface area contributed by atoms with Gasteiger partial charge in [0.1, 0.15) is 41.7 Å². The van der Waals surface area contributed by atoms with Crippen LogP contribution in [0, 0.1) is 0 Å². The first-order valence-corrected chi connectivity index (χ1v) is 8.27. The van der Waals surface area contributed by atoms with Gasteiger partial charge in [-0.05, 0) is 10.9 Å². The van der Waals surface area contributed by atoms with Crippen LogP contribution in [0.3, 0.4) is 0 Å². The fourth-order valence-corrected chi connectivity index (χ4v) is 4.65. The Bertz CT molecular complexity index is 348. The maximum Gasteiger partial charge on any atom is 0.397 e. The molecule has 0 bridgehead atoms. The van der Waals surface area contributed by atoms with Crippen LogP contribution in [0.4, 0.5) is 0 Å². The third-order valence-corrected chi connectivity index (χ3v) is 5.45. The molecule has 0 aromatic carbocycles. The second-order valence-electron chi connectivity index (χ2n) is 4.06. The summed E-state index contributed by atoms with van der Waals surface area (Å²) in [6.07, 6.45) is -4.47. The van der Waals surface area contributed by atoms with Crippen molar-refractivity contribution in [3.63, 3.8) is 0 Å². The summed E-state index contributed by atoms with van der Waals surface area (Å²) in [5.74, 6) is 0.694. The monoisotopic (exact) mass is 305 g/mol. The van der Waals surface area contributed by atoms with Crippen LogP contribution in [-0.4, -0.2) is 81.7 Å². The molecule has 0 radical (unpaired) electrons. The second kappa shape index (κ2) is 6.48. The molecule has 1 rings (SSSR count). The summed E-state index contributed by atoms with van der Waals surface area (Å²) in [6, 6.07) is 0. The third kappa shape index (κ3) is 4.97. The van der Waals surface area contributed by atoms with Gasteiger partial charge in [0, 0.05) is 0 Å². The molecule has 0 amide bonds. The van der Waals surface area contributed by atoms with E-state index in [1.54, 1.807) is 0 Å². The molecule has 0 aromatic rings. The van der Waals surface area contributed by atoms with Crippen molar-refractivity contribution in [2.24, 2.45) is 0 Å². The first-order valence-electron chi connectivity index (χ1n) is 5.17. The molecule has 18 heavy (non-hydrogen) atoms. The first-order chi connectivity index (χ1) is 8.23. The fourth-order valence-electron chi connectivity index (χ4n) is 1.63. The van der Waals surface area contributed by atoms with Crippen LogP contribution in [-0.2, 0) is 25.5 Å². The Morgan fingerprint density at radius 2 is 1.78 bits per heavy atom. The Labute approximate surface area is 108 Å². The molecule has 0 spiro atoms. The van der Waals surface area contributed by atoms with E-state index in [9.17, 15) is 23.7 Å². The summed E-state index contributed by atoms with van der Waals surface area (Å²) < 4.78 is 33.5. The highest BCUT2D eigenvalue weighted by atomic mass is 32.3. The second-order valence-corrected chi connectivity index (χ2v) is 7.33. The standard InChI is InChI=1S/C8H16O8S2/c9-1-8(16-18(13,14)15)7(12)4-17-2-5(10)6(11)3-17/h5-12H,1-4H2/p+1/t5-,6+,7-,8+,17?/m1/s1. The Morgan fingerprint density at radius 3 is 2.17 bits per heavy atom. The summed E-state index contributed by atoms with van der Waals surface area (Å²) in [7, 11) is -5.24. The normalized spacial score (nSPS) is 32.4. The summed E-state index contributed by atoms with van der Waals surface area (Å²) >= 11 is 0. The molecule has 1 aliphatic heterocycles. The molecule has 5 N–H and O–H groups in total. The molecule has 0 aromatic heterocycles. The molecule has 1 fully saturated rings. The van der Waals surface area contributed by atoms with Gasteiger partial charge < -0.3 is 20.4 Å². The van der Waals surface area contributed by atoms with Gasteiger partial charge >= 0.3 is 10.4 Å². The number of aliphatic hydroxyl groups excluding tert-OH is 4. The van der Waals surface area contributed by atoms with Crippen LogP contribution in [0.25, 0.3) is 0 Å². The van der Waals surface area contributed by atoms with Crippen LogP contribution in [0.2, 0.25) is 0 Å². The van der Waals surface area contributed by atoms with E-state index >= 15 is 0 Å². The van der Waals surface area contributed by atoms with E-state index in [-0.39, 0.29) is 5.75 Å². The van der Waals surface area contributed by atoms with Crippen molar-refractivity contribution in [1.29, 1.82) is 0 Å². The number of aliphatic hydroxyl groups is 4. The molecular formula is C8H17O8S2+. The zero-order valence-corrected chi connectivity index (χ0v) is 11.0. The van der Waals surface area contributed by atoms with Crippen molar-refractivity contribution in [2.45, 2.75) is 24.4 Å². The third-order valence-electron chi connectivity index (χ3n) is 2.52. The van der Waals surface area contributed by atoms with Crippen molar-refractivity contribution in [2.75, 3.05) is 23.9 Å². The number of hydrogen-bond donors (Lipinski definition) is 5. The molecule has 5 atom stereocenters. The molecule has 1 unspecified atom stereocenters. The van der Waals surface area contributed by atoms with E-state index in [1.807, 2.05) is 0 Å². The van der Waals surface area contributed by atoms with Gasteiger partial charge in [-0.3, -0.25) is 4.55 Å². The number of rotatable bonds is 6. The molecule has 0 saturated carbocycles. The lowest BCUT2D eigenvalue weighted by Crippen LogP contribution is -2.39. The molecule has 1 saturated heterocycles. The van der Waals surface area contributed by atoms with Gasteiger partial charge in [-0.25, -0.2) is 4.18 Å². The lowest BCUT2D eigenvalue weighted by atomic mass is 10.2. The summed E-state index contributed by atoms with van der Waals surface area (Å²) in [5.41, 5.74) is 0. The van der Waals surface area contributed by atoms with Crippen LogP contribution in [0.15, 0.2) is 0 Å². The Morgan fingerprint density at radius 1 is 1.28 bits per heavy atom. The molecule has 0 aliphatic carbocycles. The van der Waals surface area contributed by atoms with Crippen molar-refractivity contribution < 1.29 is 37.6 Å². The van der Waals surface area contributed by atoms with Crippen LogP contribution in [0.1, 0.15) is 0 Å². The van der Waals surface area contributed by atoms with Gasteiger partial charge in [0.05, 0.1) is 6.61 Å². The first kappa shape index (κ1) is 16.1. The lowest BCUT2D eigenvalue weighted by molar-refractivity contribution is 0.0114. The maximum absolute atomic E-state index is 10.5. The van der Waals surface area contributed by atoms with Crippen LogP contribution < -0.4 is 0 Å². The molecule has 1 aliphatic rings. The zero-order valence-electron chi connectivity index (χ0n) is 9.42. The predicted octanol–water partition coefficient (Wildman–Crippen LogP) is -3.12. The molecule has 1 heterocycles. The smallest absolute Gasteiger partial charge is 0.394 e. The highest BCUT2D eigenvalue weighted by Crippen LogP contribution is 2.18. The van der Waals surface area contributed by atoms with E-state index in [2.05, 4.69) is 4.18 Å². The minimum atomic E-state index is -4.75. The van der Waals surface area contributed by atoms with Crippen molar-refractivity contribution in [1.82, 2.24) is 0 Å². The highest BCUT2D eigenvalue weighted by molar-refractivity contribution is 7.97. The maximum atomic E-state index is 10.5. The van der Waals surface area contributed by atoms with E-state index in [0.717, 1.165) is 0 Å². The Balaban J connectivity index is 2.50. The molecular weight excluding hydrogens is 288 g/mol. The fraction of sp³-hybridized carbons (Fsp3) is 1.00. The minimum absolute atomic E-state index is 0.0782. The minimum Gasteiger partial charge on any atom is -0.394 e. The van der Waals surface area contributed by atoms with Crippen molar-refractivity contribution in [3.8, 4) is 0 Å². The summed E-state index contributed by atoms with van der Waals surface area (Å²) in [5, 5.41) is 37.2. The average Bonchev–Trinajstić information content (AvgIpc) is 2.53. The Kier molecular flexibility index (Phi) is 5.80. The largest absolute Gasteiger partial charge is 0.397 e. The van der Waals surface area contributed by atoms with Gasteiger partial charge in [0.25, 0.3) is 0 Å². The number of hydrogen-bond acceptors (Lipinski definition) is 7. The van der Waals surface area contributed by atoms with Gasteiger partial charge in [0.2, 0.25) is 0 Å². The summed E-state index contributed by atoms with van der Waals surface area (Å²) in [4.78, 5) is 0. The average molecular weight is 305 g/mol. The van der Waals surface area contributed by atoms with E-state index < -0.39 is 52.3 Å². The van der Waals surface area contributed by atoms with Crippen LogP contribution >= 0.6 is 0 Å². The molecule has 8 nitrogen and oxygen atoms in total. The topological polar surface area (TPSA) is 145 Å². The van der Waals surface area contributed by atoms with Gasteiger partial charge in [-0.15, -0.1) is 0 Å². The summed E-state index contributed by atoms with van der Waals surface area (Å²) in [6.45, 7) is -0.775. The Hall–Kier alpha value is 0.0600. The zero-order chi connectivity index (χ0) is 13.9. The van der Waals surface area contributed by atoms with E-state index in [4.69, 9.17) is 9.66 Å².